The molecule has 11 heteroatoms. The SMILES string of the molecule is CN(C)CCNc1ncnc2c1cc1c3c(cccc32)C(=O)N(CCN(C)C)C1=O.Cl.Cl.Cl. The summed E-state index contributed by atoms with van der Waals surface area (Å²) in [7, 11) is 7.86. The second-order valence-corrected chi connectivity index (χ2v) is 8.07. The number of carbonyl (C=O) groups excluding carboxylic acids is 2. The summed E-state index contributed by atoms with van der Waals surface area (Å²) in [6.45, 7) is 2.52. The Labute approximate surface area is 211 Å². The lowest BCUT2D eigenvalue weighted by Crippen LogP contribution is -2.43. The first-order valence-electron chi connectivity index (χ1n) is 9.98. The number of fused-ring (bicyclic) bond motifs is 2. The Balaban J connectivity index is 0.00000181. The Hall–Kier alpha value is -2.23. The summed E-state index contributed by atoms with van der Waals surface area (Å²) in [5.74, 6) is 0.170. The summed E-state index contributed by atoms with van der Waals surface area (Å²) < 4.78 is 0. The highest BCUT2D eigenvalue weighted by atomic mass is 35.5. The van der Waals surface area contributed by atoms with E-state index in [1.807, 2.05) is 51.3 Å². The average Bonchev–Trinajstić information content (AvgIpc) is 2.71. The van der Waals surface area contributed by atoms with Gasteiger partial charge in [0, 0.05) is 53.5 Å². The molecule has 1 N–H and O–H groups in total. The third-order valence-corrected chi connectivity index (χ3v) is 5.33. The van der Waals surface area contributed by atoms with E-state index in [4.69, 9.17) is 0 Å². The molecule has 2 amide bonds. The van der Waals surface area contributed by atoms with E-state index in [9.17, 15) is 9.59 Å². The summed E-state index contributed by atoms with van der Waals surface area (Å²) in [5.41, 5.74) is 1.81. The molecule has 0 saturated carbocycles. The maximum Gasteiger partial charge on any atom is 0.261 e. The van der Waals surface area contributed by atoms with Crippen molar-refractivity contribution in [2.75, 3.05) is 59.7 Å². The lowest BCUT2D eigenvalue weighted by Gasteiger charge is -2.28. The van der Waals surface area contributed by atoms with E-state index in [2.05, 4.69) is 20.2 Å². The van der Waals surface area contributed by atoms with Crippen LogP contribution >= 0.6 is 37.2 Å². The first-order valence-corrected chi connectivity index (χ1v) is 9.98. The first kappa shape index (κ1) is 28.8. The van der Waals surface area contributed by atoms with Crippen LogP contribution in [0.5, 0.6) is 0 Å². The van der Waals surface area contributed by atoms with Gasteiger partial charge in [-0.15, -0.1) is 37.2 Å². The van der Waals surface area contributed by atoms with Gasteiger partial charge in [-0.2, -0.15) is 0 Å². The minimum Gasteiger partial charge on any atom is -0.368 e. The lowest BCUT2D eigenvalue weighted by molar-refractivity contribution is 0.0601. The highest BCUT2D eigenvalue weighted by Gasteiger charge is 2.33. The van der Waals surface area contributed by atoms with Crippen molar-refractivity contribution in [3.8, 4) is 0 Å². The van der Waals surface area contributed by atoms with Gasteiger partial charge in [0.15, 0.2) is 0 Å². The molecule has 0 unspecified atom stereocenters. The van der Waals surface area contributed by atoms with E-state index in [0.29, 0.717) is 42.0 Å². The van der Waals surface area contributed by atoms with Crippen molar-refractivity contribution in [1.82, 2.24) is 24.7 Å². The monoisotopic (exact) mass is 514 g/mol. The Morgan fingerprint density at radius 3 is 2.21 bits per heavy atom. The minimum atomic E-state index is -0.268. The molecule has 0 fully saturated rings. The van der Waals surface area contributed by atoms with Crippen LogP contribution in [-0.4, -0.2) is 90.9 Å². The number of carbonyl (C=O) groups is 2. The van der Waals surface area contributed by atoms with Crippen LogP contribution in [0, 0.1) is 0 Å². The van der Waals surface area contributed by atoms with Crippen LogP contribution in [0.1, 0.15) is 20.7 Å². The molecule has 33 heavy (non-hydrogen) atoms. The van der Waals surface area contributed by atoms with E-state index in [1.54, 1.807) is 6.07 Å². The molecule has 3 aromatic rings. The van der Waals surface area contributed by atoms with Gasteiger partial charge in [-0.05, 0) is 40.3 Å². The summed E-state index contributed by atoms with van der Waals surface area (Å²) >= 11 is 0. The van der Waals surface area contributed by atoms with Crippen molar-refractivity contribution in [3.63, 3.8) is 0 Å². The first-order chi connectivity index (χ1) is 14.4. The average molecular weight is 516 g/mol. The fourth-order valence-corrected chi connectivity index (χ4v) is 3.78. The molecule has 0 aliphatic carbocycles. The molecule has 0 radical (unpaired) electrons. The summed E-state index contributed by atoms with van der Waals surface area (Å²) in [6.07, 6.45) is 1.52. The fraction of sp³-hybridized carbons (Fsp3) is 0.364. The zero-order chi connectivity index (χ0) is 21.4. The van der Waals surface area contributed by atoms with Crippen molar-refractivity contribution < 1.29 is 9.59 Å². The molecule has 180 valence electrons. The van der Waals surface area contributed by atoms with Gasteiger partial charge in [0.2, 0.25) is 0 Å². The lowest BCUT2D eigenvalue weighted by atomic mass is 9.92. The van der Waals surface area contributed by atoms with Gasteiger partial charge in [-0.1, -0.05) is 12.1 Å². The normalized spacial score (nSPS) is 12.6. The Morgan fingerprint density at radius 1 is 0.879 bits per heavy atom. The Kier molecular flexibility index (Phi) is 10.3. The van der Waals surface area contributed by atoms with Crippen LogP contribution in [0.3, 0.4) is 0 Å². The molecule has 4 rings (SSSR count). The summed E-state index contributed by atoms with van der Waals surface area (Å²) in [6, 6.07) is 7.38. The van der Waals surface area contributed by atoms with Crippen LogP contribution in [0.2, 0.25) is 0 Å². The van der Waals surface area contributed by atoms with Crippen molar-refractivity contribution in [1.29, 1.82) is 0 Å². The number of hydrogen-bond donors (Lipinski definition) is 1. The number of imide groups is 1. The van der Waals surface area contributed by atoms with Gasteiger partial charge in [0.1, 0.15) is 12.1 Å². The number of hydrogen-bond acceptors (Lipinski definition) is 7. The Bertz CT molecular complexity index is 1160. The molecule has 0 bridgehead atoms. The molecule has 2 heterocycles. The quantitative estimate of drug-likeness (QED) is 0.382. The van der Waals surface area contributed by atoms with Crippen LogP contribution in [0.4, 0.5) is 5.82 Å². The minimum absolute atomic E-state index is 0. The molecular formula is C22H29Cl3N6O2. The molecule has 0 spiro atoms. The van der Waals surface area contributed by atoms with Crippen LogP contribution < -0.4 is 5.32 Å². The molecule has 1 aromatic heterocycles. The van der Waals surface area contributed by atoms with Crippen molar-refractivity contribution >= 4 is 76.5 Å². The van der Waals surface area contributed by atoms with Gasteiger partial charge in [-0.3, -0.25) is 14.5 Å². The number of halogens is 3. The van der Waals surface area contributed by atoms with Crippen molar-refractivity contribution in [2.45, 2.75) is 0 Å². The number of amides is 2. The predicted molar refractivity (Wildman–Crippen MR) is 140 cm³/mol. The zero-order valence-electron chi connectivity index (χ0n) is 19.0. The van der Waals surface area contributed by atoms with Gasteiger partial charge in [0.25, 0.3) is 11.8 Å². The number of nitrogens with one attached hydrogen (secondary N) is 1. The summed E-state index contributed by atoms with van der Waals surface area (Å²) in [5, 5.41) is 5.61. The number of likely N-dealkylation sites (N-methyl/N-ethyl adjacent to an activating group) is 2. The van der Waals surface area contributed by atoms with Crippen molar-refractivity contribution in [3.05, 3.63) is 41.7 Å². The van der Waals surface area contributed by atoms with E-state index < -0.39 is 0 Å². The largest absolute Gasteiger partial charge is 0.368 e. The third kappa shape index (κ3) is 5.47. The number of benzene rings is 2. The Morgan fingerprint density at radius 2 is 1.55 bits per heavy atom. The smallest absolute Gasteiger partial charge is 0.261 e. The third-order valence-electron chi connectivity index (χ3n) is 5.33. The standard InChI is InChI=1S/C22H26N6O2.3ClH/c1-26(2)9-8-23-20-17-12-16-18-14(19(17)24-13-25-20)6-5-7-15(18)21(29)28(22(16)30)11-10-27(3)4;;;/h5-7,12-13H,8-11H2,1-4H3,(H,23,24,25);3*1H. The van der Waals surface area contributed by atoms with Crippen molar-refractivity contribution in [2.24, 2.45) is 0 Å². The van der Waals surface area contributed by atoms with Gasteiger partial charge >= 0.3 is 0 Å². The van der Waals surface area contributed by atoms with Crippen LogP contribution in [0.25, 0.3) is 21.7 Å². The number of anilines is 1. The highest BCUT2D eigenvalue weighted by Crippen LogP contribution is 2.36. The number of nitrogens with zero attached hydrogens (tertiary/aromatic N) is 5. The number of rotatable bonds is 7. The predicted octanol–water partition coefficient (Wildman–Crippen LogP) is 3.18. The highest BCUT2D eigenvalue weighted by molar-refractivity contribution is 6.29. The molecule has 1 aliphatic rings. The molecule has 2 aromatic carbocycles. The van der Waals surface area contributed by atoms with E-state index in [-0.39, 0.29) is 49.0 Å². The maximum absolute atomic E-state index is 13.3. The topological polar surface area (TPSA) is 81.7 Å². The molecule has 1 aliphatic heterocycles. The number of aromatic nitrogens is 2. The maximum atomic E-state index is 13.3. The second-order valence-electron chi connectivity index (χ2n) is 8.07. The summed E-state index contributed by atoms with van der Waals surface area (Å²) in [4.78, 5) is 40.6. The van der Waals surface area contributed by atoms with Crippen LogP contribution in [-0.2, 0) is 0 Å². The fourth-order valence-electron chi connectivity index (χ4n) is 3.78. The van der Waals surface area contributed by atoms with Gasteiger partial charge < -0.3 is 15.1 Å². The van der Waals surface area contributed by atoms with Gasteiger partial charge in [-0.25, -0.2) is 9.97 Å². The van der Waals surface area contributed by atoms with E-state index >= 15 is 0 Å². The van der Waals surface area contributed by atoms with E-state index in [0.717, 1.165) is 22.8 Å². The second kappa shape index (κ2) is 11.8. The molecule has 0 atom stereocenters. The molecular weight excluding hydrogens is 487 g/mol. The molecule has 8 nitrogen and oxygen atoms in total. The van der Waals surface area contributed by atoms with E-state index in [1.165, 1.54) is 11.2 Å². The van der Waals surface area contributed by atoms with Crippen LogP contribution in [0.15, 0.2) is 30.6 Å². The van der Waals surface area contributed by atoms with Gasteiger partial charge in [0.05, 0.1) is 5.52 Å². The molecule has 0 saturated heterocycles. The zero-order valence-corrected chi connectivity index (χ0v) is 21.4.